The maximum Gasteiger partial charge on any atom is 0.227 e. The lowest BCUT2D eigenvalue weighted by Gasteiger charge is -2.12. The molecule has 0 saturated heterocycles. The molecule has 4 bridgehead atoms. The van der Waals surface area contributed by atoms with Gasteiger partial charge in [0.05, 0.1) is 24.1 Å². The highest BCUT2D eigenvalue weighted by molar-refractivity contribution is 5.88. The Morgan fingerprint density at radius 1 is 0.833 bits per heavy atom. The van der Waals surface area contributed by atoms with Gasteiger partial charge in [-0.1, -0.05) is 31.4 Å². The summed E-state index contributed by atoms with van der Waals surface area (Å²) < 4.78 is 12.0. The highest BCUT2D eigenvalue weighted by atomic mass is 16.5. The number of hydrogen-bond acceptors (Lipinski definition) is 7. The molecule has 0 aliphatic carbocycles. The zero-order valence-corrected chi connectivity index (χ0v) is 16.7. The van der Waals surface area contributed by atoms with Gasteiger partial charge in [0, 0.05) is 17.3 Å². The average molecular weight is 401 g/mol. The number of para-hydroxylation sites is 1. The van der Waals surface area contributed by atoms with Gasteiger partial charge in [0.25, 0.3) is 0 Å². The number of anilines is 2. The Balaban J connectivity index is 1.54. The van der Waals surface area contributed by atoms with Gasteiger partial charge in [-0.05, 0) is 37.1 Å². The van der Waals surface area contributed by atoms with Crippen LogP contribution in [0.3, 0.4) is 0 Å². The molecule has 0 amide bonds. The van der Waals surface area contributed by atoms with Crippen LogP contribution < -0.4 is 14.8 Å². The number of fused-ring (bicyclic) bond motifs is 2. The van der Waals surface area contributed by atoms with Crippen LogP contribution >= 0.6 is 0 Å². The number of hydrogen-bond donors (Lipinski definition) is 1. The van der Waals surface area contributed by atoms with E-state index >= 15 is 0 Å². The number of ether oxygens (including phenoxy) is 2. The van der Waals surface area contributed by atoms with E-state index in [1.54, 1.807) is 6.33 Å². The number of nitrogens with zero attached hydrogens (tertiary/aromatic N) is 4. The van der Waals surface area contributed by atoms with E-state index in [1.807, 2.05) is 42.6 Å². The normalized spacial score (nSPS) is 15.2. The first-order valence-electron chi connectivity index (χ1n) is 10.4. The summed E-state index contributed by atoms with van der Waals surface area (Å²) in [6.45, 7) is 1.33. The van der Waals surface area contributed by atoms with Crippen LogP contribution in [-0.4, -0.2) is 33.1 Å². The third kappa shape index (κ3) is 3.96. The second-order valence-electron chi connectivity index (χ2n) is 7.39. The second kappa shape index (κ2) is 8.49. The average Bonchev–Trinajstić information content (AvgIpc) is 2.78. The van der Waals surface area contributed by atoms with Gasteiger partial charge in [-0.15, -0.1) is 0 Å². The van der Waals surface area contributed by atoms with Gasteiger partial charge in [-0.2, -0.15) is 0 Å². The van der Waals surface area contributed by atoms with Crippen molar-refractivity contribution in [3.63, 3.8) is 0 Å². The molecule has 1 N–H and O–H groups in total. The van der Waals surface area contributed by atoms with Crippen molar-refractivity contribution in [2.45, 2.75) is 32.1 Å². The second-order valence-corrected chi connectivity index (χ2v) is 7.39. The Morgan fingerprint density at radius 2 is 1.70 bits per heavy atom. The smallest absolute Gasteiger partial charge is 0.227 e. The Labute approximate surface area is 174 Å². The molecule has 4 aromatic rings. The molecule has 1 aliphatic rings. The van der Waals surface area contributed by atoms with Crippen molar-refractivity contribution < 1.29 is 9.47 Å². The summed E-state index contributed by atoms with van der Waals surface area (Å²) >= 11 is 0. The van der Waals surface area contributed by atoms with Gasteiger partial charge in [-0.3, -0.25) is 0 Å². The van der Waals surface area contributed by atoms with Gasteiger partial charge < -0.3 is 14.8 Å². The predicted octanol–water partition coefficient (Wildman–Crippen LogP) is 5.04. The molecule has 1 aliphatic heterocycles. The summed E-state index contributed by atoms with van der Waals surface area (Å²) in [6, 6.07) is 11.8. The van der Waals surface area contributed by atoms with Crippen LogP contribution in [0.4, 0.5) is 11.6 Å². The number of nitrogens with one attached hydrogen (secondary N) is 1. The molecule has 0 atom stereocenters. The fraction of sp³-hybridized carbons (Fsp3) is 0.304. The van der Waals surface area contributed by atoms with E-state index in [9.17, 15) is 0 Å². The Kier molecular flexibility index (Phi) is 5.25. The molecule has 152 valence electrons. The summed E-state index contributed by atoms with van der Waals surface area (Å²) in [5.74, 6) is 1.92. The first kappa shape index (κ1) is 18.5. The summed E-state index contributed by atoms with van der Waals surface area (Å²) in [7, 11) is 0. The van der Waals surface area contributed by atoms with Crippen molar-refractivity contribution in [2.75, 3.05) is 18.5 Å². The molecular formula is C23H23N5O2. The van der Waals surface area contributed by atoms with E-state index in [0.29, 0.717) is 25.0 Å². The Bertz CT molecular complexity index is 1090. The molecule has 3 heterocycles. The summed E-state index contributed by atoms with van der Waals surface area (Å²) in [6.07, 6.45) is 8.80. The van der Waals surface area contributed by atoms with E-state index in [4.69, 9.17) is 14.5 Å². The van der Waals surface area contributed by atoms with Crippen LogP contribution in [0, 0.1) is 0 Å². The molecular weight excluding hydrogens is 378 g/mol. The molecule has 2 aromatic heterocycles. The van der Waals surface area contributed by atoms with Crippen LogP contribution in [0.5, 0.6) is 11.6 Å². The van der Waals surface area contributed by atoms with Crippen molar-refractivity contribution in [3.8, 4) is 11.6 Å². The lowest BCUT2D eigenvalue weighted by atomic mass is 10.1. The molecule has 7 heteroatoms. The van der Waals surface area contributed by atoms with E-state index in [-0.39, 0.29) is 0 Å². The largest absolute Gasteiger partial charge is 0.491 e. The molecule has 5 rings (SSSR count). The van der Waals surface area contributed by atoms with Gasteiger partial charge in [0.1, 0.15) is 17.6 Å². The molecule has 0 radical (unpaired) electrons. The van der Waals surface area contributed by atoms with Gasteiger partial charge in [0.15, 0.2) is 0 Å². The van der Waals surface area contributed by atoms with Gasteiger partial charge in [-0.25, -0.2) is 19.9 Å². The third-order valence-corrected chi connectivity index (χ3v) is 5.21. The first-order valence-corrected chi connectivity index (χ1v) is 10.4. The monoisotopic (exact) mass is 401 g/mol. The van der Waals surface area contributed by atoms with Gasteiger partial charge >= 0.3 is 0 Å². The lowest BCUT2D eigenvalue weighted by molar-refractivity contribution is 0.290. The SMILES string of the molecule is c1cc2c3nc(ncc3c1)Nc1ccc3ncnc(c3c1)OCCCCCCCO2. The number of aromatic nitrogens is 4. The highest BCUT2D eigenvalue weighted by Crippen LogP contribution is 2.28. The predicted molar refractivity (Wildman–Crippen MR) is 116 cm³/mol. The van der Waals surface area contributed by atoms with Crippen molar-refractivity contribution >= 4 is 33.4 Å². The van der Waals surface area contributed by atoms with E-state index in [0.717, 1.165) is 65.3 Å². The van der Waals surface area contributed by atoms with E-state index in [1.165, 1.54) is 0 Å². The fourth-order valence-corrected chi connectivity index (χ4v) is 3.65. The van der Waals surface area contributed by atoms with E-state index < -0.39 is 0 Å². The van der Waals surface area contributed by atoms with Gasteiger partial charge in [0.2, 0.25) is 11.8 Å². The minimum atomic E-state index is 0.512. The van der Waals surface area contributed by atoms with Crippen molar-refractivity contribution in [2.24, 2.45) is 0 Å². The standard InChI is InChI=1S/C23H23N5O2/c1-2-4-11-29-20-8-6-7-16-14-24-23(28-21(16)20)27-17-9-10-19-18(13-17)22(26-15-25-19)30-12-5-3-1/h6-10,13-15H,1-5,11-12H2,(H,24,27,28). The summed E-state index contributed by atoms with van der Waals surface area (Å²) in [5, 5.41) is 5.11. The molecule has 7 nitrogen and oxygen atoms in total. The minimum Gasteiger partial charge on any atom is -0.491 e. The van der Waals surface area contributed by atoms with Crippen LogP contribution in [0.25, 0.3) is 21.8 Å². The lowest BCUT2D eigenvalue weighted by Crippen LogP contribution is -2.03. The van der Waals surface area contributed by atoms with Crippen LogP contribution in [0.2, 0.25) is 0 Å². The van der Waals surface area contributed by atoms with Crippen molar-refractivity contribution in [1.82, 2.24) is 19.9 Å². The van der Waals surface area contributed by atoms with Crippen molar-refractivity contribution in [3.05, 3.63) is 48.9 Å². The molecule has 0 fully saturated rings. The van der Waals surface area contributed by atoms with Crippen LogP contribution in [0.1, 0.15) is 32.1 Å². The Morgan fingerprint density at radius 3 is 2.63 bits per heavy atom. The molecule has 30 heavy (non-hydrogen) atoms. The maximum absolute atomic E-state index is 6.04. The summed E-state index contributed by atoms with van der Waals surface area (Å²) in [4.78, 5) is 17.9. The maximum atomic E-state index is 6.04. The fourth-order valence-electron chi connectivity index (χ4n) is 3.65. The molecule has 0 unspecified atom stereocenters. The highest BCUT2D eigenvalue weighted by Gasteiger charge is 2.10. The molecule has 2 aromatic carbocycles. The van der Waals surface area contributed by atoms with Crippen LogP contribution in [-0.2, 0) is 0 Å². The van der Waals surface area contributed by atoms with Crippen LogP contribution in [0.15, 0.2) is 48.9 Å². The quantitative estimate of drug-likeness (QED) is 0.442. The third-order valence-electron chi connectivity index (χ3n) is 5.21. The topological polar surface area (TPSA) is 82.1 Å². The number of rotatable bonds is 0. The zero-order valence-electron chi connectivity index (χ0n) is 16.7. The summed E-state index contributed by atoms with van der Waals surface area (Å²) in [5.41, 5.74) is 2.50. The zero-order chi connectivity index (χ0) is 20.2. The molecule has 0 saturated carbocycles. The van der Waals surface area contributed by atoms with Crippen molar-refractivity contribution in [1.29, 1.82) is 0 Å². The number of benzene rings is 2. The Hall–Kier alpha value is -3.48. The van der Waals surface area contributed by atoms with E-state index in [2.05, 4.69) is 20.3 Å². The first-order chi connectivity index (χ1) is 14.9. The minimum absolute atomic E-state index is 0.512. The molecule has 0 spiro atoms.